The molecule has 0 aromatic rings. The van der Waals surface area contributed by atoms with Gasteiger partial charge in [-0.2, -0.15) is 0 Å². The summed E-state index contributed by atoms with van der Waals surface area (Å²) in [5, 5.41) is 10.6. The van der Waals surface area contributed by atoms with Crippen LogP contribution in [-0.4, -0.2) is 72.9 Å². The number of cyclic esters (lactones) is 2. The Morgan fingerprint density at radius 1 is 1.03 bits per heavy atom. The maximum absolute atomic E-state index is 12.9. The van der Waals surface area contributed by atoms with Crippen molar-refractivity contribution in [3.05, 3.63) is 36.0 Å². The SMILES string of the molecule is CC1=C[C@H]2O[C@@H]3C[C@H]4OC(=O)/C=C\C=C\C(=O)OCC[C@@H](C)[C@H](O)C(=O)OC[C@@]2(CC1)C4(C)[C@]31CO1. The maximum atomic E-state index is 12.9. The zero-order valence-electron chi connectivity index (χ0n) is 20.9. The van der Waals surface area contributed by atoms with Crippen molar-refractivity contribution in [2.45, 2.75) is 76.5 Å². The summed E-state index contributed by atoms with van der Waals surface area (Å²) in [4.78, 5) is 37.6. The summed E-state index contributed by atoms with van der Waals surface area (Å²) in [7, 11) is 0. The molecule has 0 aromatic heterocycles. The Morgan fingerprint density at radius 3 is 2.47 bits per heavy atom. The molecule has 5 aliphatic rings. The lowest BCUT2D eigenvalue weighted by molar-refractivity contribution is -0.234. The number of esters is 3. The molecule has 1 saturated carbocycles. The van der Waals surface area contributed by atoms with E-state index >= 15 is 0 Å². The minimum Gasteiger partial charge on any atom is -0.463 e. The largest absolute Gasteiger partial charge is 0.463 e. The standard InChI is InChI=1S/C27H34O9/c1-16-8-10-26-14-33-24(31)23(30)17(2)9-11-32-21(28)6-4-5-7-22(29)36-18-13-20(35-19(26)12-16)27(15-34-27)25(18,26)3/h4-7,12,17-20,23,30H,8-11,13-15H2,1-3H3/b6-4+,7-5-/t17-,18-,19-,20-,23+,25?,26-,27+/m1/s1. The molecule has 2 bridgehead atoms. The molecule has 8 atom stereocenters. The zero-order chi connectivity index (χ0) is 25.7. The van der Waals surface area contributed by atoms with E-state index in [1.807, 2.05) is 0 Å². The highest BCUT2D eigenvalue weighted by atomic mass is 16.6. The van der Waals surface area contributed by atoms with Crippen molar-refractivity contribution < 1.29 is 43.2 Å². The number of ether oxygens (including phenoxy) is 5. The van der Waals surface area contributed by atoms with E-state index in [0.717, 1.165) is 6.42 Å². The van der Waals surface area contributed by atoms with Crippen molar-refractivity contribution in [3.63, 3.8) is 0 Å². The van der Waals surface area contributed by atoms with Crippen LogP contribution in [0.5, 0.6) is 0 Å². The molecule has 3 aliphatic heterocycles. The van der Waals surface area contributed by atoms with Gasteiger partial charge in [0.25, 0.3) is 0 Å². The van der Waals surface area contributed by atoms with Crippen LogP contribution in [0.2, 0.25) is 0 Å². The van der Waals surface area contributed by atoms with E-state index in [9.17, 15) is 19.5 Å². The van der Waals surface area contributed by atoms with Crippen molar-refractivity contribution in [1.29, 1.82) is 0 Å². The van der Waals surface area contributed by atoms with Crippen LogP contribution in [-0.2, 0) is 38.1 Å². The van der Waals surface area contributed by atoms with Gasteiger partial charge in [0, 0.05) is 24.0 Å². The first-order valence-electron chi connectivity index (χ1n) is 12.7. The maximum Gasteiger partial charge on any atom is 0.335 e. The van der Waals surface area contributed by atoms with Crippen LogP contribution in [0.1, 0.15) is 46.5 Å². The summed E-state index contributed by atoms with van der Waals surface area (Å²) in [6.45, 7) is 6.34. The van der Waals surface area contributed by atoms with Gasteiger partial charge in [0.2, 0.25) is 0 Å². The number of allylic oxidation sites excluding steroid dienone is 3. The monoisotopic (exact) mass is 502 g/mol. The molecule has 3 fully saturated rings. The minimum absolute atomic E-state index is 0.00000344. The van der Waals surface area contributed by atoms with Crippen molar-refractivity contribution >= 4 is 17.9 Å². The third-order valence-electron chi connectivity index (χ3n) is 9.12. The normalized spacial score (nSPS) is 46.8. The summed E-state index contributed by atoms with van der Waals surface area (Å²) in [5.41, 5.74) is -0.820. The third-order valence-corrected chi connectivity index (χ3v) is 9.12. The number of hydrogen-bond acceptors (Lipinski definition) is 9. The smallest absolute Gasteiger partial charge is 0.335 e. The van der Waals surface area contributed by atoms with Crippen LogP contribution in [0.3, 0.4) is 0 Å². The van der Waals surface area contributed by atoms with E-state index in [-0.39, 0.29) is 31.8 Å². The average molecular weight is 503 g/mol. The first kappa shape index (κ1) is 25.2. The number of rotatable bonds is 0. The second-order valence-electron chi connectivity index (χ2n) is 11.0. The number of carbonyl (C=O) groups is 3. The summed E-state index contributed by atoms with van der Waals surface area (Å²) in [6, 6.07) is 0. The molecule has 0 aromatic carbocycles. The van der Waals surface area contributed by atoms with Crippen LogP contribution in [0.4, 0.5) is 0 Å². The topological polar surface area (TPSA) is 121 Å². The summed E-state index contributed by atoms with van der Waals surface area (Å²) >= 11 is 0. The van der Waals surface area contributed by atoms with Gasteiger partial charge in [-0.05, 0) is 32.1 Å². The van der Waals surface area contributed by atoms with Crippen LogP contribution in [0.15, 0.2) is 36.0 Å². The van der Waals surface area contributed by atoms with Gasteiger partial charge in [-0.25, -0.2) is 14.4 Å². The molecule has 9 nitrogen and oxygen atoms in total. The van der Waals surface area contributed by atoms with Crippen molar-refractivity contribution in [2.24, 2.45) is 16.7 Å². The molecule has 2 saturated heterocycles. The van der Waals surface area contributed by atoms with E-state index in [0.29, 0.717) is 19.4 Å². The van der Waals surface area contributed by atoms with Gasteiger partial charge in [-0.15, -0.1) is 0 Å². The molecule has 3 heterocycles. The van der Waals surface area contributed by atoms with Crippen LogP contribution < -0.4 is 0 Å². The Bertz CT molecular complexity index is 1020. The molecule has 2 aliphatic carbocycles. The van der Waals surface area contributed by atoms with E-state index < -0.39 is 52.5 Å². The number of carbonyl (C=O) groups excluding carboxylic acids is 3. The van der Waals surface area contributed by atoms with E-state index in [4.69, 9.17) is 23.7 Å². The molecule has 2 spiro atoms. The van der Waals surface area contributed by atoms with Gasteiger partial charge in [0.05, 0.1) is 30.8 Å². The second kappa shape index (κ2) is 9.11. The molecule has 1 N–H and O–H groups in total. The Morgan fingerprint density at radius 2 is 1.75 bits per heavy atom. The highest BCUT2D eigenvalue weighted by molar-refractivity contribution is 5.84. The molecule has 0 amide bonds. The second-order valence-corrected chi connectivity index (χ2v) is 11.0. The van der Waals surface area contributed by atoms with E-state index in [2.05, 4.69) is 19.9 Å². The molecule has 1 unspecified atom stereocenters. The average Bonchev–Trinajstić information content (AvgIpc) is 3.62. The summed E-state index contributed by atoms with van der Waals surface area (Å²) < 4.78 is 29.6. The Balaban J connectivity index is 1.52. The Labute approximate surface area is 210 Å². The molecule has 196 valence electrons. The highest BCUT2D eigenvalue weighted by Crippen LogP contribution is 2.72. The summed E-state index contributed by atoms with van der Waals surface area (Å²) in [6.07, 6.45) is 7.11. The number of hydrogen-bond donors (Lipinski definition) is 1. The van der Waals surface area contributed by atoms with Gasteiger partial charge in [-0.3, -0.25) is 0 Å². The van der Waals surface area contributed by atoms with E-state index in [1.165, 1.54) is 29.9 Å². The number of epoxide rings is 1. The van der Waals surface area contributed by atoms with Crippen LogP contribution in [0, 0.1) is 16.7 Å². The van der Waals surface area contributed by atoms with Gasteiger partial charge >= 0.3 is 17.9 Å². The molecule has 0 radical (unpaired) electrons. The first-order chi connectivity index (χ1) is 17.1. The highest BCUT2D eigenvalue weighted by Gasteiger charge is 2.83. The third kappa shape index (κ3) is 3.83. The fraction of sp³-hybridized carbons (Fsp3) is 0.667. The van der Waals surface area contributed by atoms with E-state index in [1.54, 1.807) is 6.92 Å². The lowest BCUT2D eigenvalue weighted by Crippen LogP contribution is -2.66. The predicted octanol–water partition coefficient (Wildman–Crippen LogP) is 2.17. The van der Waals surface area contributed by atoms with Gasteiger partial charge in [-0.1, -0.05) is 37.6 Å². The van der Waals surface area contributed by atoms with Crippen molar-refractivity contribution in [2.75, 3.05) is 19.8 Å². The Hall–Kier alpha value is -2.49. The van der Waals surface area contributed by atoms with Crippen LogP contribution in [0.25, 0.3) is 0 Å². The molecule has 5 rings (SSSR count). The van der Waals surface area contributed by atoms with Gasteiger partial charge in [0.15, 0.2) is 6.10 Å². The Kier molecular flexibility index (Phi) is 6.37. The van der Waals surface area contributed by atoms with Gasteiger partial charge < -0.3 is 28.8 Å². The summed E-state index contributed by atoms with van der Waals surface area (Å²) in [5.74, 6) is -2.34. The van der Waals surface area contributed by atoms with Crippen molar-refractivity contribution in [1.82, 2.24) is 0 Å². The zero-order valence-corrected chi connectivity index (χ0v) is 20.9. The molecular weight excluding hydrogens is 468 g/mol. The molecule has 9 heteroatoms. The lowest BCUT2D eigenvalue weighted by Gasteiger charge is -2.58. The van der Waals surface area contributed by atoms with Crippen molar-refractivity contribution in [3.8, 4) is 0 Å². The molecular formula is C27H34O9. The fourth-order valence-electron chi connectivity index (χ4n) is 6.65. The predicted molar refractivity (Wildman–Crippen MR) is 125 cm³/mol. The quantitative estimate of drug-likeness (QED) is 0.230. The van der Waals surface area contributed by atoms with Gasteiger partial charge in [0.1, 0.15) is 18.3 Å². The van der Waals surface area contributed by atoms with Crippen LogP contribution >= 0.6 is 0 Å². The molecule has 36 heavy (non-hydrogen) atoms. The minimum atomic E-state index is -1.37. The fourth-order valence-corrected chi connectivity index (χ4v) is 6.65. The number of aliphatic hydroxyl groups is 1. The lowest BCUT2D eigenvalue weighted by atomic mass is 9.51. The first-order valence-corrected chi connectivity index (χ1v) is 12.7. The number of aliphatic hydroxyl groups excluding tert-OH is 1.